The molecule has 0 spiro atoms. The molecule has 0 saturated carbocycles. The van der Waals surface area contributed by atoms with Crippen molar-refractivity contribution in [3.8, 4) is 11.5 Å². The third-order valence-electron chi connectivity index (χ3n) is 5.06. The van der Waals surface area contributed by atoms with Gasteiger partial charge in [0.05, 0.1) is 17.3 Å². The van der Waals surface area contributed by atoms with Crippen LogP contribution in [0.3, 0.4) is 0 Å². The smallest absolute Gasteiger partial charge is 0.217 e. The van der Waals surface area contributed by atoms with Crippen LogP contribution in [0.5, 0.6) is 11.5 Å². The van der Waals surface area contributed by atoms with Crippen molar-refractivity contribution in [2.24, 2.45) is 5.10 Å². The van der Waals surface area contributed by atoms with E-state index in [4.69, 9.17) is 21.4 Å². The van der Waals surface area contributed by atoms with Gasteiger partial charge < -0.3 is 9.84 Å². The number of hydrogen-bond donors (Lipinski definition) is 1. The fraction of sp³-hybridized carbons (Fsp3) is 0.136. The molecule has 5 heteroatoms. The standard InChI is InChI=1S/C22H17ClN2O2/c23-15-10-11-20(26)17(12-15)22-25-19(16-8-4-5-9-21(16)27-22)13-18(24-25)14-6-2-1-3-7-14/h1-12,19,22,26H,13H2/t19-,22+/m1/s1. The third-order valence-corrected chi connectivity index (χ3v) is 5.30. The Labute approximate surface area is 162 Å². The van der Waals surface area contributed by atoms with Crippen LogP contribution in [0.4, 0.5) is 0 Å². The van der Waals surface area contributed by atoms with Crippen molar-refractivity contribution >= 4 is 17.3 Å². The highest BCUT2D eigenvalue weighted by Gasteiger charge is 2.41. The van der Waals surface area contributed by atoms with Crippen molar-refractivity contribution in [3.63, 3.8) is 0 Å². The minimum atomic E-state index is -0.537. The fourth-order valence-corrected chi connectivity index (χ4v) is 3.95. The predicted molar refractivity (Wildman–Crippen MR) is 105 cm³/mol. The summed E-state index contributed by atoms with van der Waals surface area (Å²) in [5.74, 6) is 0.957. The first kappa shape index (κ1) is 16.2. The Bertz CT molecular complexity index is 1040. The highest BCUT2D eigenvalue weighted by atomic mass is 35.5. The van der Waals surface area contributed by atoms with E-state index in [9.17, 15) is 5.11 Å². The van der Waals surface area contributed by atoms with Crippen molar-refractivity contribution in [1.29, 1.82) is 0 Å². The maximum absolute atomic E-state index is 10.4. The van der Waals surface area contributed by atoms with Crippen molar-refractivity contribution in [2.75, 3.05) is 0 Å². The van der Waals surface area contributed by atoms with Crippen LogP contribution in [0.2, 0.25) is 5.02 Å². The summed E-state index contributed by atoms with van der Waals surface area (Å²) in [6.45, 7) is 0. The molecule has 4 nitrogen and oxygen atoms in total. The lowest BCUT2D eigenvalue weighted by molar-refractivity contribution is -0.0203. The highest BCUT2D eigenvalue weighted by Crippen LogP contribution is 2.48. The maximum Gasteiger partial charge on any atom is 0.217 e. The molecule has 0 fully saturated rings. The van der Waals surface area contributed by atoms with Gasteiger partial charge in [-0.2, -0.15) is 5.10 Å². The number of para-hydroxylation sites is 1. The molecule has 134 valence electrons. The van der Waals surface area contributed by atoms with E-state index in [0.29, 0.717) is 10.6 Å². The zero-order valence-electron chi connectivity index (χ0n) is 14.4. The molecule has 5 rings (SSSR count). The van der Waals surface area contributed by atoms with Gasteiger partial charge in [-0.1, -0.05) is 60.1 Å². The summed E-state index contributed by atoms with van der Waals surface area (Å²) < 4.78 is 6.25. The Morgan fingerprint density at radius 2 is 1.74 bits per heavy atom. The molecule has 3 aromatic carbocycles. The summed E-state index contributed by atoms with van der Waals surface area (Å²) in [4.78, 5) is 0. The van der Waals surface area contributed by atoms with E-state index in [0.717, 1.165) is 29.0 Å². The van der Waals surface area contributed by atoms with Crippen LogP contribution in [0.15, 0.2) is 77.9 Å². The number of hydrazone groups is 1. The molecule has 27 heavy (non-hydrogen) atoms. The molecule has 0 aliphatic carbocycles. The molecule has 2 atom stereocenters. The van der Waals surface area contributed by atoms with E-state index >= 15 is 0 Å². The molecule has 0 unspecified atom stereocenters. The quantitative estimate of drug-likeness (QED) is 0.661. The van der Waals surface area contributed by atoms with Gasteiger partial charge in [-0.15, -0.1) is 0 Å². The first-order valence-corrected chi connectivity index (χ1v) is 9.24. The monoisotopic (exact) mass is 376 g/mol. The number of nitrogens with zero attached hydrogens (tertiary/aromatic N) is 2. The van der Waals surface area contributed by atoms with Gasteiger partial charge in [-0.05, 0) is 29.8 Å². The van der Waals surface area contributed by atoms with Crippen molar-refractivity contribution in [3.05, 3.63) is 94.5 Å². The Kier molecular flexibility index (Phi) is 3.80. The van der Waals surface area contributed by atoms with Crippen LogP contribution < -0.4 is 4.74 Å². The number of ether oxygens (including phenoxy) is 1. The molecule has 3 aromatic rings. The normalized spacial score (nSPS) is 20.5. The number of phenols is 1. The molecular formula is C22H17ClN2O2. The highest BCUT2D eigenvalue weighted by molar-refractivity contribution is 6.30. The second kappa shape index (κ2) is 6.32. The van der Waals surface area contributed by atoms with Gasteiger partial charge in [0.1, 0.15) is 11.5 Å². The van der Waals surface area contributed by atoms with Gasteiger partial charge >= 0.3 is 0 Å². The van der Waals surface area contributed by atoms with E-state index in [1.54, 1.807) is 18.2 Å². The van der Waals surface area contributed by atoms with Gasteiger partial charge in [0.15, 0.2) is 0 Å². The van der Waals surface area contributed by atoms with Crippen molar-refractivity contribution < 1.29 is 9.84 Å². The minimum absolute atomic E-state index is 0.0496. The lowest BCUT2D eigenvalue weighted by Gasteiger charge is -2.38. The summed E-state index contributed by atoms with van der Waals surface area (Å²) >= 11 is 6.18. The lowest BCUT2D eigenvalue weighted by Crippen LogP contribution is -2.33. The molecule has 2 aliphatic rings. The van der Waals surface area contributed by atoms with E-state index < -0.39 is 6.23 Å². The maximum atomic E-state index is 10.4. The van der Waals surface area contributed by atoms with Gasteiger partial charge in [0.25, 0.3) is 0 Å². The Hall–Kier alpha value is -2.98. The third kappa shape index (κ3) is 2.73. The number of benzene rings is 3. The van der Waals surface area contributed by atoms with Gasteiger partial charge in [0, 0.05) is 17.0 Å². The zero-order valence-corrected chi connectivity index (χ0v) is 15.2. The molecule has 2 aliphatic heterocycles. The van der Waals surface area contributed by atoms with Crippen LogP contribution >= 0.6 is 11.6 Å². The molecule has 1 N–H and O–H groups in total. The summed E-state index contributed by atoms with van der Waals surface area (Å²) in [7, 11) is 0. The average Bonchev–Trinajstić information content (AvgIpc) is 3.16. The van der Waals surface area contributed by atoms with Crippen LogP contribution in [-0.2, 0) is 0 Å². The average molecular weight is 377 g/mol. The fourth-order valence-electron chi connectivity index (χ4n) is 3.77. The van der Waals surface area contributed by atoms with Gasteiger partial charge in [-0.25, -0.2) is 5.01 Å². The molecule has 0 saturated heterocycles. The second-order valence-corrected chi connectivity index (χ2v) is 7.16. The SMILES string of the molecule is Oc1ccc(Cl)cc1[C@@H]1Oc2ccccc2[C@H]2CC(c3ccccc3)=NN21. The van der Waals surface area contributed by atoms with Crippen LogP contribution in [-0.4, -0.2) is 15.8 Å². The largest absolute Gasteiger partial charge is 0.507 e. The van der Waals surface area contributed by atoms with Crippen LogP contribution in [0, 0.1) is 0 Å². The second-order valence-electron chi connectivity index (χ2n) is 6.72. The number of hydrogen-bond acceptors (Lipinski definition) is 4. The Balaban J connectivity index is 1.63. The first-order valence-electron chi connectivity index (χ1n) is 8.86. The molecule has 0 amide bonds. The first-order chi connectivity index (χ1) is 13.2. The Morgan fingerprint density at radius 3 is 2.59 bits per heavy atom. The van der Waals surface area contributed by atoms with E-state index in [-0.39, 0.29) is 11.8 Å². The van der Waals surface area contributed by atoms with Gasteiger partial charge in [-0.3, -0.25) is 0 Å². The molecule has 0 radical (unpaired) electrons. The van der Waals surface area contributed by atoms with Crippen LogP contribution in [0.1, 0.15) is 35.4 Å². The predicted octanol–water partition coefficient (Wildman–Crippen LogP) is 5.29. The summed E-state index contributed by atoms with van der Waals surface area (Å²) in [6, 6.07) is 23.2. The Morgan fingerprint density at radius 1 is 0.963 bits per heavy atom. The lowest BCUT2D eigenvalue weighted by atomic mass is 9.96. The van der Waals surface area contributed by atoms with Crippen molar-refractivity contribution in [1.82, 2.24) is 5.01 Å². The van der Waals surface area contributed by atoms with Gasteiger partial charge in [0.2, 0.25) is 6.23 Å². The number of halogens is 1. The number of fused-ring (bicyclic) bond motifs is 3. The number of rotatable bonds is 2. The zero-order chi connectivity index (χ0) is 18.4. The van der Waals surface area contributed by atoms with Crippen molar-refractivity contribution in [2.45, 2.75) is 18.7 Å². The molecule has 0 bridgehead atoms. The topological polar surface area (TPSA) is 45.1 Å². The molecule has 0 aromatic heterocycles. The van der Waals surface area contributed by atoms with E-state index in [2.05, 4.69) is 18.2 Å². The summed E-state index contributed by atoms with van der Waals surface area (Å²) in [6.07, 6.45) is 0.243. The molecule has 2 heterocycles. The summed E-state index contributed by atoms with van der Waals surface area (Å²) in [5, 5.41) is 17.8. The molecular weight excluding hydrogens is 360 g/mol. The minimum Gasteiger partial charge on any atom is -0.507 e. The summed E-state index contributed by atoms with van der Waals surface area (Å²) in [5.41, 5.74) is 3.82. The van der Waals surface area contributed by atoms with E-state index in [1.807, 2.05) is 41.4 Å². The number of phenolic OH excluding ortho intramolecular Hbond substituents is 1. The van der Waals surface area contributed by atoms with E-state index in [1.165, 1.54) is 0 Å². The number of aromatic hydroxyl groups is 1. The van der Waals surface area contributed by atoms with Crippen LogP contribution in [0.25, 0.3) is 0 Å².